The van der Waals surface area contributed by atoms with E-state index in [1.807, 2.05) is 47.4 Å². The molecule has 2 aromatic rings. The lowest BCUT2D eigenvalue weighted by molar-refractivity contribution is -0.122. The Morgan fingerprint density at radius 3 is 2.68 bits per heavy atom. The normalized spacial score (nSPS) is 19.2. The molecule has 4 rings (SSSR count). The molecule has 2 aliphatic rings. The number of ether oxygens (including phenoxy) is 1. The molecule has 2 heterocycles. The Labute approximate surface area is 146 Å². The Bertz CT molecular complexity index is 841. The van der Waals surface area contributed by atoms with Gasteiger partial charge in [-0.1, -0.05) is 18.2 Å². The minimum atomic E-state index is -0.486. The summed E-state index contributed by atoms with van der Waals surface area (Å²) in [7, 11) is 0. The average Bonchev–Trinajstić information content (AvgIpc) is 3.16. The number of benzene rings is 2. The summed E-state index contributed by atoms with van der Waals surface area (Å²) >= 11 is 0. The summed E-state index contributed by atoms with van der Waals surface area (Å²) in [6, 6.07) is 13.3. The van der Waals surface area contributed by atoms with Gasteiger partial charge in [0.05, 0.1) is 5.69 Å². The molecule has 0 saturated carbocycles. The van der Waals surface area contributed by atoms with Crippen LogP contribution < -0.4 is 10.1 Å². The SMILES string of the molecule is CC1Oc2ccc(-c3cccc(C(=O)N4CCCC4)c3)cc2NC1=O. The van der Waals surface area contributed by atoms with Crippen molar-refractivity contribution in [3.63, 3.8) is 0 Å². The van der Waals surface area contributed by atoms with Crippen molar-refractivity contribution in [2.24, 2.45) is 0 Å². The molecule has 5 heteroatoms. The molecular formula is C20H20N2O3. The van der Waals surface area contributed by atoms with Gasteiger partial charge in [-0.2, -0.15) is 0 Å². The number of hydrogen-bond donors (Lipinski definition) is 1. The number of hydrogen-bond acceptors (Lipinski definition) is 3. The molecule has 0 spiro atoms. The molecule has 128 valence electrons. The van der Waals surface area contributed by atoms with Crippen LogP contribution >= 0.6 is 0 Å². The van der Waals surface area contributed by atoms with Gasteiger partial charge >= 0.3 is 0 Å². The van der Waals surface area contributed by atoms with Crippen molar-refractivity contribution in [2.45, 2.75) is 25.9 Å². The van der Waals surface area contributed by atoms with Gasteiger partial charge in [0.1, 0.15) is 5.75 Å². The van der Waals surface area contributed by atoms with Crippen molar-refractivity contribution >= 4 is 17.5 Å². The molecule has 0 bridgehead atoms. The maximum atomic E-state index is 12.6. The smallest absolute Gasteiger partial charge is 0.265 e. The van der Waals surface area contributed by atoms with Crippen LogP contribution in [0.3, 0.4) is 0 Å². The van der Waals surface area contributed by atoms with E-state index in [4.69, 9.17) is 4.74 Å². The van der Waals surface area contributed by atoms with Crippen molar-refractivity contribution in [1.29, 1.82) is 0 Å². The summed E-state index contributed by atoms with van der Waals surface area (Å²) < 4.78 is 5.59. The van der Waals surface area contributed by atoms with E-state index in [-0.39, 0.29) is 11.8 Å². The number of nitrogens with one attached hydrogen (secondary N) is 1. The maximum Gasteiger partial charge on any atom is 0.265 e. The van der Waals surface area contributed by atoms with Gasteiger partial charge in [-0.25, -0.2) is 0 Å². The Morgan fingerprint density at radius 2 is 1.88 bits per heavy atom. The van der Waals surface area contributed by atoms with E-state index in [0.717, 1.165) is 37.1 Å². The molecule has 2 amide bonds. The Balaban J connectivity index is 1.64. The number of anilines is 1. The second-order valence-electron chi connectivity index (χ2n) is 6.54. The van der Waals surface area contributed by atoms with Gasteiger partial charge in [0.2, 0.25) is 0 Å². The summed E-state index contributed by atoms with van der Waals surface area (Å²) in [6.45, 7) is 3.40. The van der Waals surface area contributed by atoms with Crippen molar-refractivity contribution in [2.75, 3.05) is 18.4 Å². The van der Waals surface area contributed by atoms with Gasteiger partial charge in [0, 0.05) is 18.7 Å². The third-order valence-corrected chi connectivity index (χ3v) is 4.75. The first-order valence-electron chi connectivity index (χ1n) is 8.63. The number of fused-ring (bicyclic) bond motifs is 1. The number of nitrogens with zero attached hydrogens (tertiary/aromatic N) is 1. The standard InChI is InChI=1S/C20H20N2O3/c1-13-19(23)21-17-12-15(7-8-18(17)25-13)14-5-4-6-16(11-14)20(24)22-9-2-3-10-22/h4-8,11-13H,2-3,9-10H2,1H3,(H,21,23). The highest BCUT2D eigenvalue weighted by atomic mass is 16.5. The van der Waals surface area contributed by atoms with Crippen LogP contribution in [0.5, 0.6) is 5.75 Å². The molecule has 2 aliphatic heterocycles. The second-order valence-corrected chi connectivity index (χ2v) is 6.54. The van der Waals surface area contributed by atoms with Gasteiger partial charge in [-0.15, -0.1) is 0 Å². The van der Waals surface area contributed by atoms with Crippen LogP contribution in [0.25, 0.3) is 11.1 Å². The zero-order chi connectivity index (χ0) is 17.4. The van der Waals surface area contributed by atoms with Crippen LogP contribution in [-0.4, -0.2) is 35.9 Å². The molecule has 1 fully saturated rings. The van der Waals surface area contributed by atoms with Crippen molar-refractivity contribution in [1.82, 2.24) is 4.90 Å². The van der Waals surface area contributed by atoms with Crippen LogP contribution in [0.4, 0.5) is 5.69 Å². The van der Waals surface area contributed by atoms with Gasteiger partial charge in [-0.3, -0.25) is 9.59 Å². The molecule has 1 saturated heterocycles. The molecule has 5 nitrogen and oxygen atoms in total. The third-order valence-electron chi connectivity index (χ3n) is 4.75. The fourth-order valence-electron chi connectivity index (χ4n) is 3.32. The van der Waals surface area contributed by atoms with Crippen LogP contribution in [-0.2, 0) is 4.79 Å². The molecule has 2 aromatic carbocycles. The fraction of sp³-hybridized carbons (Fsp3) is 0.300. The lowest BCUT2D eigenvalue weighted by Gasteiger charge is -2.23. The number of likely N-dealkylation sites (tertiary alicyclic amines) is 1. The molecule has 0 aromatic heterocycles. The molecule has 1 atom stereocenters. The summed E-state index contributed by atoms with van der Waals surface area (Å²) in [5.74, 6) is 0.602. The highest BCUT2D eigenvalue weighted by Crippen LogP contribution is 2.34. The minimum absolute atomic E-state index is 0.0859. The van der Waals surface area contributed by atoms with E-state index < -0.39 is 6.10 Å². The number of amides is 2. The lowest BCUT2D eigenvalue weighted by atomic mass is 10.0. The molecule has 0 radical (unpaired) electrons. The largest absolute Gasteiger partial charge is 0.479 e. The number of carbonyl (C=O) groups excluding carboxylic acids is 2. The number of rotatable bonds is 2. The van der Waals surface area contributed by atoms with E-state index in [2.05, 4.69) is 5.32 Å². The average molecular weight is 336 g/mol. The first kappa shape index (κ1) is 15.7. The third kappa shape index (κ3) is 2.97. The quantitative estimate of drug-likeness (QED) is 0.915. The van der Waals surface area contributed by atoms with Crippen LogP contribution in [0.2, 0.25) is 0 Å². The first-order chi connectivity index (χ1) is 12.1. The van der Waals surface area contributed by atoms with Gasteiger partial charge in [0.25, 0.3) is 11.8 Å². The topological polar surface area (TPSA) is 58.6 Å². The molecule has 1 N–H and O–H groups in total. The minimum Gasteiger partial charge on any atom is -0.479 e. The molecular weight excluding hydrogens is 316 g/mol. The van der Waals surface area contributed by atoms with Gasteiger partial charge < -0.3 is 15.0 Å². The van der Waals surface area contributed by atoms with E-state index in [1.165, 1.54) is 0 Å². The van der Waals surface area contributed by atoms with E-state index in [1.54, 1.807) is 6.92 Å². The van der Waals surface area contributed by atoms with Crippen LogP contribution in [0.15, 0.2) is 42.5 Å². The molecule has 25 heavy (non-hydrogen) atoms. The van der Waals surface area contributed by atoms with Crippen molar-refractivity contribution < 1.29 is 14.3 Å². The van der Waals surface area contributed by atoms with Crippen molar-refractivity contribution in [3.05, 3.63) is 48.0 Å². The Morgan fingerprint density at radius 1 is 1.12 bits per heavy atom. The summed E-state index contributed by atoms with van der Waals surface area (Å²) in [5.41, 5.74) is 3.25. The predicted molar refractivity (Wildman–Crippen MR) is 95.7 cm³/mol. The summed E-state index contributed by atoms with van der Waals surface area (Å²) in [5, 5.41) is 2.86. The monoisotopic (exact) mass is 336 g/mol. The molecule has 1 unspecified atom stereocenters. The van der Waals surface area contributed by atoms with Crippen molar-refractivity contribution in [3.8, 4) is 16.9 Å². The number of carbonyl (C=O) groups is 2. The second kappa shape index (κ2) is 6.24. The Kier molecular flexibility index (Phi) is 3.92. The van der Waals surface area contributed by atoms with Gasteiger partial charge in [-0.05, 0) is 55.2 Å². The van der Waals surface area contributed by atoms with E-state index >= 15 is 0 Å². The highest BCUT2D eigenvalue weighted by Gasteiger charge is 2.24. The zero-order valence-corrected chi connectivity index (χ0v) is 14.1. The molecule has 0 aliphatic carbocycles. The highest BCUT2D eigenvalue weighted by molar-refractivity contribution is 5.99. The van der Waals surface area contributed by atoms with Crippen LogP contribution in [0, 0.1) is 0 Å². The van der Waals surface area contributed by atoms with Crippen LogP contribution in [0.1, 0.15) is 30.1 Å². The lowest BCUT2D eigenvalue weighted by Crippen LogP contribution is -2.34. The first-order valence-corrected chi connectivity index (χ1v) is 8.63. The summed E-state index contributed by atoms with van der Waals surface area (Å²) in [4.78, 5) is 26.3. The maximum absolute atomic E-state index is 12.6. The Hall–Kier alpha value is -2.82. The summed E-state index contributed by atoms with van der Waals surface area (Å²) in [6.07, 6.45) is 1.67. The predicted octanol–water partition coefficient (Wildman–Crippen LogP) is 3.31. The zero-order valence-electron chi connectivity index (χ0n) is 14.1. The fourth-order valence-corrected chi connectivity index (χ4v) is 3.32. The van der Waals surface area contributed by atoms with E-state index in [9.17, 15) is 9.59 Å². The van der Waals surface area contributed by atoms with E-state index in [0.29, 0.717) is 17.0 Å². The van der Waals surface area contributed by atoms with Gasteiger partial charge in [0.15, 0.2) is 6.10 Å².